The molecule has 0 radical (unpaired) electrons. The maximum Gasteiger partial charge on any atom is 0.262 e. The number of anilines is 2. The van der Waals surface area contributed by atoms with Crippen LogP contribution in [0.1, 0.15) is 19.8 Å². The molecule has 2 aromatic rings. The molecule has 0 saturated carbocycles. The van der Waals surface area contributed by atoms with Crippen LogP contribution < -0.4 is 19.9 Å². The van der Waals surface area contributed by atoms with Crippen molar-refractivity contribution >= 4 is 41.4 Å². The Hall–Kier alpha value is -2.19. The summed E-state index contributed by atoms with van der Waals surface area (Å²) in [5.74, 6) is 0. The molecule has 13 heteroatoms. The summed E-state index contributed by atoms with van der Waals surface area (Å²) < 4.78 is 77.5. The van der Waals surface area contributed by atoms with E-state index in [0.29, 0.717) is 12.2 Å². The summed E-state index contributed by atoms with van der Waals surface area (Å²) in [5, 5.41) is 8.20. The van der Waals surface area contributed by atoms with Crippen LogP contribution in [0.25, 0.3) is 0 Å². The molecule has 166 valence electrons. The third kappa shape index (κ3) is 5.92. The molecule has 10 nitrogen and oxygen atoms in total. The highest BCUT2D eigenvalue weighted by atomic mass is 32.2. The van der Waals surface area contributed by atoms with Gasteiger partial charge >= 0.3 is 0 Å². The van der Waals surface area contributed by atoms with E-state index in [1.165, 1.54) is 37.4 Å². The quantitative estimate of drug-likeness (QED) is 0.375. The van der Waals surface area contributed by atoms with Crippen LogP contribution in [0, 0.1) is 0 Å². The Kier molecular flexibility index (Phi) is 7.47. The van der Waals surface area contributed by atoms with Crippen molar-refractivity contribution in [3.05, 3.63) is 42.5 Å². The highest BCUT2D eigenvalue weighted by molar-refractivity contribution is 7.93. The van der Waals surface area contributed by atoms with E-state index in [1.807, 2.05) is 6.92 Å². The molecule has 30 heavy (non-hydrogen) atoms. The topological polar surface area (TPSA) is 165 Å². The highest BCUT2D eigenvalue weighted by Gasteiger charge is 2.21. The summed E-state index contributed by atoms with van der Waals surface area (Å²) in [6, 6.07) is 8.56. The van der Waals surface area contributed by atoms with Gasteiger partial charge in [0.05, 0.1) is 26.1 Å². The first-order valence-electron chi connectivity index (χ1n) is 8.88. The van der Waals surface area contributed by atoms with Crippen molar-refractivity contribution in [1.82, 2.24) is 4.72 Å². The summed E-state index contributed by atoms with van der Waals surface area (Å²) in [7, 11) is -10.9. The summed E-state index contributed by atoms with van der Waals surface area (Å²) in [6.45, 7) is 2.53. The van der Waals surface area contributed by atoms with Gasteiger partial charge in [-0.1, -0.05) is 19.4 Å². The SMILES string of the molecule is CCCCNc1ccc(S(N)(=O)=O)cc1NS(=O)(=O)c1cccc(S(=O)(=O)NC)c1. The summed E-state index contributed by atoms with van der Waals surface area (Å²) in [4.78, 5) is -0.806. The third-order valence-electron chi connectivity index (χ3n) is 4.10. The van der Waals surface area contributed by atoms with E-state index < -0.39 is 30.1 Å². The van der Waals surface area contributed by atoms with Crippen molar-refractivity contribution in [2.75, 3.05) is 23.6 Å². The van der Waals surface area contributed by atoms with Gasteiger partial charge in [-0.25, -0.2) is 35.1 Å². The molecular weight excluding hydrogens is 452 g/mol. The molecule has 5 N–H and O–H groups in total. The van der Waals surface area contributed by atoms with E-state index >= 15 is 0 Å². The van der Waals surface area contributed by atoms with Crippen LogP contribution in [0.5, 0.6) is 0 Å². The minimum atomic E-state index is -4.24. The van der Waals surface area contributed by atoms with Crippen LogP contribution in [-0.4, -0.2) is 38.8 Å². The minimum Gasteiger partial charge on any atom is -0.383 e. The second-order valence-corrected chi connectivity index (χ2v) is 11.5. The van der Waals surface area contributed by atoms with Crippen LogP contribution in [0.15, 0.2) is 57.2 Å². The summed E-state index contributed by atoms with van der Waals surface area (Å²) in [5.41, 5.74) is 0.331. The fourth-order valence-electron chi connectivity index (χ4n) is 2.47. The number of nitrogens with one attached hydrogen (secondary N) is 3. The lowest BCUT2D eigenvalue weighted by atomic mass is 10.2. The lowest BCUT2D eigenvalue weighted by molar-refractivity contribution is 0.587. The van der Waals surface area contributed by atoms with Gasteiger partial charge in [0.25, 0.3) is 10.0 Å². The van der Waals surface area contributed by atoms with Crippen LogP contribution in [-0.2, 0) is 30.1 Å². The predicted molar refractivity (Wildman–Crippen MR) is 115 cm³/mol. The van der Waals surface area contributed by atoms with Crippen LogP contribution >= 0.6 is 0 Å². The molecule has 2 rings (SSSR count). The molecule has 0 aliphatic rings. The van der Waals surface area contributed by atoms with Gasteiger partial charge in [0.2, 0.25) is 20.0 Å². The van der Waals surface area contributed by atoms with Gasteiger partial charge in [0.15, 0.2) is 0 Å². The van der Waals surface area contributed by atoms with Crippen molar-refractivity contribution in [2.24, 2.45) is 5.14 Å². The number of benzene rings is 2. The molecule has 0 saturated heterocycles. The Morgan fingerprint density at radius 1 is 0.833 bits per heavy atom. The molecule has 0 fully saturated rings. The Balaban J connectivity index is 2.49. The zero-order chi connectivity index (χ0) is 22.6. The van der Waals surface area contributed by atoms with E-state index in [9.17, 15) is 25.3 Å². The van der Waals surface area contributed by atoms with E-state index in [0.717, 1.165) is 25.0 Å². The fraction of sp³-hybridized carbons (Fsp3) is 0.294. The summed E-state index contributed by atoms with van der Waals surface area (Å²) >= 11 is 0. The number of unbranched alkanes of at least 4 members (excludes halogenated alkanes) is 1. The van der Waals surface area contributed by atoms with Gasteiger partial charge in [0, 0.05) is 6.54 Å². The molecule has 0 amide bonds. The first kappa shape index (κ1) is 24.1. The van der Waals surface area contributed by atoms with Gasteiger partial charge in [-0.3, -0.25) is 4.72 Å². The van der Waals surface area contributed by atoms with Crippen molar-refractivity contribution in [2.45, 2.75) is 34.5 Å². The number of sulfonamides is 3. The van der Waals surface area contributed by atoms with Gasteiger partial charge in [-0.2, -0.15) is 0 Å². The molecule has 0 atom stereocenters. The second kappa shape index (κ2) is 9.31. The molecule has 0 aromatic heterocycles. The molecule has 0 bridgehead atoms. The van der Waals surface area contributed by atoms with E-state index in [4.69, 9.17) is 5.14 Å². The van der Waals surface area contributed by atoms with Crippen LogP contribution in [0.2, 0.25) is 0 Å². The van der Waals surface area contributed by atoms with Crippen LogP contribution in [0.4, 0.5) is 11.4 Å². The van der Waals surface area contributed by atoms with Crippen molar-refractivity contribution in [3.8, 4) is 0 Å². The number of hydrogen-bond donors (Lipinski definition) is 4. The van der Waals surface area contributed by atoms with Crippen molar-refractivity contribution in [3.63, 3.8) is 0 Å². The molecule has 0 aliphatic heterocycles. The Morgan fingerprint density at radius 2 is 1.47 bits per heavy atom. The van der Waals surface area contributed by atoms with E-state index in [-0.39, 0.29) is 20.4 Å². The number of primary sulfonamides is 1. The van der Waals surface area contributed by atoms with Gasteiger partial charge in [-0.15, -0.1) is 0 Å². The lowest BCUT2D eigenvalue weighted by Crippen LogP contribution is -2.20. The monoisotopic (exact) mass is 476 g/mol. The third-order valence-corrected chi connectivity index (χ3v) is 7.79. The Bertz CT molecular complexity index is 1230. The van der Waals surface area contributed by atoms with Gasteiger partial charge in [-0.05, 0) is 49.9 Å². The van der Waals surface area contributed by atoms with E-state index in [2.05, 4.69) is 14.8 Å². The molecule has 0 spiro atoms. The maximum absolute atomic E-state index is 12.9. The smallest absolute Gasteiger partial charge is 0.262 e. The van der Waals surface area contributed by atoms with E-state index in [1.54, 1.807) is 0 Å². The average molecular weight is 477 g/mol. The normalized spacial score (nSPS) is 12.5. The largest absolute Gasteiger partial charge is 0.383 e. The average Bonchev–Trinajstić information content (AvgIpc) is 2.68. The zero-order valence-corrected chi connectivity index (χ0v) is 18.9. The number of hydrogen-bond acceptors (Lipinski definition) is 7. The minimum absolute atomic E-state index is 0.0282. The van der Waals surface area contributed by atoms with Gasteiger partial charge < -0.3 is 5.32 Å². The fourth-order valence-corrected chi connectivity index (χ4v) is 4.97. The first-order chi connectivity index (χ1) is 13.9. The zero-order valence-electron chi connectivity index (χ0n) is 16.4. The number of rotatable bonds is 10. The van der Waals surface area contributed by atoms with Crippen molar-refractivity contribution < 1.29 is 25.3 Å². The second-order valence-electron chi connectivity index (χ2n) is 6.32. The lowest BCUT2D eigenvalue weighted by Gasteiger charge is -2.16. The predicted octanol–water partition coefficient (Wildman–Crippen LogP) is 1.25. The number of nitrogens with two attached hydrogens (primary N) is 1. The molecule has 0 unspecified atom stereocenters. The summed E-state index contributed by atoms with van der Waals surface area (Å²) in [6.07, 6.45) is 1.71. The van der Waals surface area contributed by atoms with Crippen molar-refractivity contribution in [1.29, 1.82) is 0 Å². The molecule has 2 aromatic carbocycles. The molecule has 0 aliphatic carbocycles. The first-order valence-corrected chi connectivity index (χ1v) is 13.4. The Morgan fingerprint density at radius 3 is 2.03 bits per heavy atom. The highest BCUT2D eigenvalue weighted by Crippen LogP contribution is 2.28. The van der Waals surface area contributed by atoms with Crippen LogP contribution in [0.3, 0.4) is 0 Å². The molecule has 0 heterocycles. The van der Waals surface area contributed by atoms with Gasteiger partial charge in [0.1, 0.15) is 0 Å². The standard InChI is InChI=1S/C17H24N4O6S3/c1-3-4-10-20-16-9-8-13(28(18,22)23)12-17(16)21-30(26,27)15-7-5-6-14(11-15)29(24,25)19-2/h5-9,11-12,19-21H,3-4,10H2,1-2H3,(H2,18,22,23). The molecular formula is C17H24N4O6S3. The Labute approximate surface area is 177 Å². The maximum atomic E-state index is 12.9.